The molecule has 1 amide bonds. The molecular weight excluding hydrogens is 348 g/mol. The number of carbonyl (C=O) groups is 1. The van der Waals surface area contributed by atoms with Gasteiger partial charge in [0.05, 0.1) is 17.9 Å². The highest BCUT2D eigenvalue weighted by Crippen LogP contribution is 2.24. The van der Waals surface area contributed by atoms with Crippen LogP contribution < -0.4 is 10.2 Å². The summed E-state index contributed by atoms with van der Waals surface area (Å²) in [5.41, 5.74) is 2.88. The van der Waals surface area contributed by atoms with Gasteiger partial charge in [-0.3, -0.25) is 4.79 Å². The smallest absolute Gasteiger partial charge is 0.275 e. The molecule has 0 spiro atoms. The monoisotopic (exact) mass is 364 g/mol. The minimum Gasteiger partial charge on any atom is -0.490 e. The van der Waals surface area contributed by atoms with Crippen LogP contribution in [-0.2, 0) is 0 Å². The Bertz CT molecular complexity index is 692. The molecule has 2 rings (SSSR count). The Kier molecular flexibility index (Phi) is 5.38. The molecule has 1 heterocycles. The quantitative estimate of drug-likeness (QED) is 0.646. The molecule has 0 saturated carbocycles. The molecule has 0 aliphatic rings. The van der Waals surface area contributed by atoms with E-state index in [9.17, 15) is 4.79 Å². The number of rotatable bonds is 5. The number of nitrogens with zero attached hydrogens (tertiary/aromatic N) is 1. The fourth-order valence-corrected chi connectivity index (χ4v) is 2.13. The van der Waals surface area contributed by atoms with Crippen molar-refractivity contribution in [3.8, 4) is 5.75 Å². The third-order valence-electron chi connectivity index (χ3n) is 2.67. The third kappa shape index (κ3) is 4.46. The average Bonchev–Trinajstić information content (AvgIpc) is 2.86. The van der Waals surface area contributed by atoms with Gasteiger partial charge in [-0.15, -0.1) is 0 Å². The molecule has 0 atom stereocenters. The average molecular weight is 365 g/mol. The first-order valence-corrected chi connectivity index (χ1v) is 7.61. The summed E-state index contributed by atoms with van der Waals surface area (Å²) in [5, 5.41) is 3.89. The Morgan fingerprint density at radius 1 is 1.36 bits per heavy atom. The molecule has 0 saturated heterocycles. The summed E-state index contributed by atoms with van der Waals surface area (Å²) in [6, 6.07) is 8.87. The van der Waals surface area contributed by atoms with Crippen LogP contribution in [0.15, 0.2) is 44.3 Å². The lowest BCUT2D eigenvalue weighted by Gasteiger charge is -2.13. The number of hydrogen-bond acceptors (Lipinski definition) is 4. The fraction of sp³-hybridized carbons (Fsp3) is 0.250. The molecule has 0 bridgehead atoms. The number of amides is 1. The Labute approximate surface area is 137 Å². The van der Waals surface area contributed by atoms with Crippen LogP contribution in [0.5, 0.6) is 5.75 Å². The lowest BCUT2D eigenvalue weighted by atomic mass is 10.2. The molecule has 0 aliphatic carbocycles. The zero-order valence-electron chi connectivity index (χ0n) is 12.6. The number of ether oxygens (including phenoxy) is 1. The van der Waals surface area contributed by atoms with Crippen LogP contribution in [0.1, 0.15) is 35.7 Å². The second-order valence-corrected chi connectivity index (χ2v) is 5.87. The SMILES string of the molecule is Cc1ccc(/C=N\NC(=O)c2cc(Br)ccc2OC(C)C)o1. The van der Waals surface area contributed by atoms with Crippen molar-refractivity contribution in [1.29, 1.82) is 0 Å². The summed E-state index contributed by atoms with van der Waals surface area (Å²) >= 11 is 3.35. The van der Waals surface area contributed by atoms with E-state index < -0.39 is 0 Å². The Balaban J connectivity index is 2.11. The second-order valence-electron chi connectivity index (χ2n) is 4.95. The number of benzene rings is 1. The van der Waals surface area contributed by atoms with E-state index in [0.29, 0.717) is 17.1 Å². The molecule has 6 heteroatoms. The Morgan fingerprint density at radius 3 is 2.77 bits per heavy atom. The van der Waals surface area contributed by atoms with Crippen LogP contribution in [0, 0.1) is 6.92 Å². The molecular formula is C16H17BrN2O3. The summed E-state index contributed by atoms with van der Waals surface area (Å²) in [6.45, 7) is 5.65. The summed E-state index contributed by atoms with van der Waals surface area (Å²) in [7, 11) is 0. The van der Waals surface area contributed by atoms with E-state index in [-0.39, 0.29) is 12.0 Å². The van der Waals surface area contributed by atoms with Crippen molar-refractivity contribution in [3.05, 3.63) is 51.9 Å². The van der Waals surface area contributed by atoms with Gasteiger partial charge in [0.2, 0.25) is 0 Å². The summed E-state index contributed by atoms with van der Waals surface area (Å²) in [6.07, 6.45) is 1.42. The first kappa shape index (κ1) is 16.3. The van der Waals surface area contributed by atoms with E-state index in [4.69, 9.17) is 9.15 Å². The van der Waals surface area contributed by atoms with E-state index >= 15 is 0 Å². The van der Waals surface area contributed by atoms with Crippen molar-refractivity contribution >= 4 is 28.1 Å². The van der Waals surface area contributed by atoms with E-state index in [1.165, 1.54) is 6.21 Å². The second kappa shape index (κ2) is 7.26. The summed E-state index contributed by atoms with van der Waals surface area (Å²) < 4.78 is 11.8. The predicted molar refractivity (Wildman–Crippen MR) is 88.4 cm³/mol. The zero-order valence-corrected chi connectivity index (χ0v) is 14.2. The lowest BCUT2D eigenvalue weighted by Crippen LogP contribution is -2.20. The van der Waals surface area contributed by atoms with Gasteiger partial charge in [-0.2, -0.15) is 5.10 Å². The number of aryl methyl sites for hydroxylation is 1. The molecule has 0 aliphatic heterocycles. The van der Waals surface area contributed by atoms with Crippen LogP contribution in [-0.4, -0.2) is 18.2 Å². The van der Waals surface area contributed by atoms with Crippen LogP contribution in [0.25, 0.3) is 0 Å². The van der Waals surface area contributed by atoms with Crippen molar-refractivity contribution in [1.82, 2.24) is 5.43 Å². The van der Waals surface area contributed by atoms with Crippen molar-refractivity contribution in [2.75, 3.05) is 0 Å². The van der Waals surface area contributed by atoms with Crippen molar-refractivity contribution in [3.63, 3.8) is 0 Å². The molecule has 0 unspecified atom stereocenters. The molecule has 1 aromatic heterocycles. The van der Waals surface area contributed by atoms with Gasteiger partial charge in [0.25, 0.3) is 5.91 Å². The molecule has 5 nitrogen and oxygen atoms in total. The Hall–Kier alpha value is -2.08. The van der Waals surface area contributed by atoms with Gasteiger partial charge in [0.1, 0.15) is 17.3 Å². The minimum atomic E-state index is -0.350. The molecule has 2 aromatic rings. The van der Waals surface area contributed by atoms with Crippen molar-refractivity contribution in [2.45, 2.75) is 26.9 Å². The van der Waals surface area contributed by atoms with Gasteiger partial charge < -0.3 is 9.15 Å². The molecule has 1 N–H and O–H groups in total. The molecule has 116 valence electrons. The topological polar surface area (TPSA) is 63.8 Å². The number of carbonyl (C=O) groups excluding carboxylic acids is 1. The minimum absolute atomic E-state index is 0.0256. The molecule has 0 fully saturated rings. The van der Waals surface area contributed by atoms with Crippen molar-refractivity contribution in [2.24, 2.45) is 5.10 Å². The lowest BCUT2D eigenvalue weighted by molar-refractivity contribution is 0.0949. The normalized spacial score (nSPS) is 11.1. The van der Waals surface area contributed by atoms with E-state index in [1.807, 2.05) is 32.9 Å². The highest BCUT2D eigenvalue weighted by molar-refractivity contribution is 9.10. The maximum absolute atomic E-state index is 12.2. The van der Waals surface area contributed by atoms with E-state index in [2.05, 4.69) is 26.5 Å². The predicted octanol–water partition coefficient (Wildman–Crippen LogP) is 3.90. The van der Waals surface area contributed by atoms with E-state index in [1.54, 1.807) is 18.2 Å². The molecule has 0 radical (unpaired) electrons. The van der Waals surface area contributed by atoms with Gasteiger partial charge in [-0.05, 0) is 51.1 Å². The first-order valence-electron chi connectivity index (χ1n) is 6.82. The van der Waals surface area contributed by atoms with Crippen molar-refractivity contribution < 1.29 is 13.9 Å². The van der Waals surface area contributed by atoms with Crippen LogP contribution in [0.3, 0.4) is 0 Å². The largest absolute Gasteiger partial charge is 0.490 e. The molecule has 22 heavy (non-hydrogen) atoms. The van der Waals surface area contributed by atoms with Gasteiger partial charge >= 0.3 is 0 Å². The first-order chi connectivity index (χ1) is 10.5. The maximum atomic E-state index is 12.2. The van der Waals surface area contributed by atoms with Gasteiger partial charge in [-0.1, -0.05) is 15.9 Å². The number of halogens is 1. The number of hydrogen-bond donors (Lipinski definition) is 1. The third-order valence-corrected chi connectivity index (χ3v) is 3.16. The zero-order chi connectivity index (χ0) is 16.1. The van der Waals surface area contributed by atoms with Crippen LogP contribution in [0.4, 0.5) is 0 Å². The number of furan rings is 1. The Morgan fingerprint density at radius 2 is 2.14 bits per heavy atom. The van der Waals surface area contributed by atoms with Crippen LogP contribution in [0.2, 0.25) is 0 Å². The summed E-state index contributed by atoms with van der Waals surface area (Å²) in [5.74, 6) is 1.52. The maximum Gasteiger partial charge on any atom is 0.275 e. The summed E-state index contributed by atoms with van der Waals surface area (Å²) in [4.78, 5) is 12.2. The van der Waals surface area contributed by atoms with Gasteiger partial charge in [0.15, 0.2) is 0 Å². The standard InChI is InChI=1S/C16H17BrN2O3/c1-10(2)21-15-7-5-12(17)8-14(15)16(20)19-18-9-13-6-4-11(3)22-13/h4-10H,1-3H3,(H,19,20)/b18-9-. The number of nitrogens with one attached hydrogen (secondary N) is 1. The number of hydrazone groups is 1. The fourth-order valence-electron chi connectivity index (χ4n) is 1.77. The van der Waals surface area contributed by atoms with Gasteiger partial charge in [0, 0.05) is 4.47 Å². The molecule has 1 aromatic carbocycles. The van der Waals surface area contributed by atoms with Gasteiger partial charge in [-0.25, -0.2) is 5.43 Å². The van der Waals surface area contributed by atoms with Crippen LogP contribution >= 0.6 is 15.9 Å². The highest BCUT2D eigenvalue weighted by atomic mass is 79.9. The highest BCUT2D eigenvalue weighted by Gasteiger charge is 2.14. The van der Waals surface area contributed by atoms with E-state index in [0.717, 1.165) is 10.2 Å².